The SMILES string of the molecule is C[Si](C)(OC(=O)c1ccccc1)c1c(F)c(F)c(F)c(F)c1F. The van der Waals surface area contributed by atoms with E-state index < -0.39 is 48.6 Å². The summed E-state index contributed by atoms with van der Waals surface area (Å²) in [6.45, 7) is 2.35. The van der Waals surface area contributed by atoms with Gasteiger partial charge in [-0.2, -0.15) is 0 Å². The molecular formula is C15H11F5O2Si. The van der Waals surface area contributed by atoms with Crippen molar-refractivity contribution in [2.75, 3.05) is 0 Å². The van der Waals surface area contributed by atoms with Gasteiger partial charge in [0.05, 0.1) is 10.8 Å². The van der Waals surface area contributed by atoms with Crippen molar-refractivity contribution in [2.45, 2.75) is 13.1 Å². The highest BCUT2D eigenvalue weighted by molar-refractivity contribution is 6.85. The lowest BCUT2D eigenvalue weighted by molar-refractivity contribution is 0.0726. The Labute approximate surface area is 129 Å². The zero-order valence-electron chi connectivity index (χ0n) is 12.1. The zero-order valence-corrected chi connectivity index (χ0v) is 13.1. The van der Waals surface area contributed by atoms with Crippen LogP contribution in [0.1, 0.15) is 10.4 Å². The van der Waals surface area contributed by atoms with Gasteiger partial charge in [-0.25, -0.2) is 26.7 Å². The summed E-state index contributed by atoms with van der Waals surface area (Å²) in [5.74, 6) is -11.2. The Balaban J connectivity index is 2.47. The van der Waals surface area contributed by atoms with E-state index in [0.29, 0.717) is 0 Å². The number of hydrogen-bond donors (Lipinski definition) is 0. The molecule has 0 aliphatic carbocycles. The van der Waals surface area contributed by atoms with E-state index in [1.54, 1.807) is 18.2 Å². The minimum absolute atomic E-state index is 0.108. The Hall–Kier alpha value is -2.22. The molecular weight excluding hydrogens is 335 g/mol. The molecule has 0 radical (unpaired) electrons. The third-order valence-corrected chi connectivity index (χ3v) is 5.51. The second kappa shape index (κ2) is 6.11. The van der Waals surface area contributed by atoms with E-state index >= 15 is 0 Å². The summed E-state index contributed by atoms with van der Waals surface area (Å²) in [6.07, 6.45) is 0. The normalized spacial score (nSPS) is 11.4. The van der Waals surface area contributed by atoms with Crippen molar-refractivity contribution in [3.63, 3.8) is 0 Å². The molecule has 0 saturated heterocycles. The first-order chi connectivity index (χ1) is 10.7. The molecule has 0 unspecified atom stereocenters. The quantitative estimate of drug-likeness (QED) is 0.367. The fourth-order valence-electron chi connectivity index (χ4n) is 2.05. The average Bonchev–Trinajstić information content (AvgIpc) is 2.51. The Morgan fingerprint density at radius 2 is 1.26 bits per heavy atom. The van der Waals surface area contributed by atoms with Gasteiger partial charge < -0.3 is 4.43 Å². The lowest BCUT2D eigenvalue weighted by Gasteiger charge is -2.24. The minimum atomic E-state index is -3.75. The predicted molar refractivity (Wildman–Crippen MR) is 75.2 cm³/mol. The second-order valence-electron chi connectivity index (χ2n) is 5.21. The van der Waals surface area contributed by atoms with Crippen LogP contribution in [0.2, 0.25) is 13.1 Å². The molecule has 0 aliphatic rings. The fraction of sp³-hybridized carbons (Fsp3) is 0.133. The third-order valence-electron chi connectivity index (χ3n) is 3.17. The lowest BCUT2D eigenvalue weighted by Crippen LogP contribution is -2.51. The summed E-state index contributed by atoms with van der Waals surface area (Å²) in [5.41, 5.74) is 0.108. The predicted octanol–water partition coefficient (Wildman–Crippen LogP) is 3.65. The summed E-state index contributed by atoms with van der Waals surface area (Å²) < 4.78 is 72.6. The third kappa shape index (κ3) is 3.12. The van der Waals surface area contributed by atoms with Crippen LogP contribution in [0.25, 0.3) is 0 Å². The summed E-state index contributed by atoms with van der Waals surface area (Å²) >= 11 is 0. The summed E-state index contributed by atoms with van der Waals surface area (Å²) in [7, 11) is -3.75. The molecule has 122 valence electrons. The Bertz CT molecular complexity index is 733. The molecule has 0 saturated carbocycles. The largest absolute Gasteiger partial charge is 0.511 e. The van der Waals surface area contributed by atoms with Crippen LogP contribution in [-0.2, 0) is 4.43 Å². The highest BCUT2D eigenvalue weighted by Gasteiger charge is 2.40. The van der Waals surface area contributed by atoms with Gasteiger partial charge in [-0.05, 0) is 25.2 Å². The maximum Gasteiger partial charge on any atom is 0.325 e. The van der Waals surface area contributed by atoms with Crippen LogP contribution >= 0.6 is 0 Å². The molecule has 2 rings (SSSR count). The molecule has 0 aliphatic heterocycles. The van der Waals surface area contributed by atoms with Gasteiger partial charge in [0, 0.05) is 0 Å². The van der Waals surface area contributed by atoms with Crippen molar-refractivity contribution in [3.05, 3.63) is 65.0 Å². The van der Waals surface area contributed by atoms with Gasteiger partial charge in [-0.1, -0.05) is 18.2 Å². The fourth-order valence-corrected chi connectivity index (χ4v) is 4.01. The van der Waals surface area contributed by atoms with Gasteiger partial charge in [-0.3, -0.25) is 0 Å². The van der Waals surface area contributed by atoms with Crippen molar-refractivity contribution < 1.29 is 31.2 Å². The van der Waals surface area contributed by atoms with Crippen LogP contribution in [0.15, 0.2) is 30.3 Å². The number of rotatable bonds is 3. The standard InChI is InChI=1S/C15H11F5O2Si/c1-23(2,22-15(21)8-6-4-3-5-7-8)14-12(19)10(17)9(16)11(18)13(14)20/h3-7H,1-2H3. The first-order valence-corrected chi connectivity index (χ1v) is 9.38. The maximum absolute atomic E-state index is 13.9. The zero-order chi connectivity index (χ0) is 17.4. The number of halogens is 5. The Morgan fingerprint density at radius 1 is 0.826 bits per heavy atom. The molecule has 0 atom stereocenters. The Kier molecular flexibility index (Phi) is 4.55. The number of hydrogen-bond acceptors (Lipinski definition) is 2. The molecule has 2 nitrogen and oxygen atoms in total. The van der Waals surface area contributed by atoms with Crippen LogP contribution in [-0.4, -0.2) is 14.3 Å². The van der Waals surface area contributed by atoms with Gasteiger partial charge in [0.2, 0.25) is 5.82 Å². The van der Waals surface area contributed by atoms with Gasteiger partial charge >= 0.3 is 5.97 Å². The molecule has 2 aromatic rings. The number of carbonyl (C=O) groups is 1. The van der Waals surface area contributed by atoms with Crippen LogP contribution in [0.5, 0.6) is 0 Å². The van der Waals surface area contributed by atoms with Gasteiger partial charge in [0.1, 0.15) is 0 Å². The summed E-state index contributed by atoms with van der Waals surface area (Å²) in [6, 6.07) is 7.55. The lowest BCUT2D eigenvalue weighted by atomic mass is 10.2. The van der Waals surface area contributed by atoms with E-state index in [1.807, 2.05) is 0 Å². The molecule has 23 heavy (non-hydrogen) atoms. The van der Waals surface area contributed by atoms with Crippen LogP contribution in [0.4, 0.5) is 22.0 Å². The highest BCUT2D eigenvalue weighted by atomic mass is 28.4. The minimum Gasteiger partial charge on any atom is -0.511 e. The maximum atomic E-state index is 13.9. The van der Waals surface area contributed by atoms with E-state index in [1.165, 1.54) is 25.2 Å². The summed E-state index contributed by atoms with van der Waals surface area (Å²) in [4.78, 5) is 12.0. The van der Waals surface area contributed by atoms with Crippen molar-refractivity contribution in [3.8, 4) is 0 Å². The van der Waals surface area contributed by atoms with Crippen molar-refractivity contribution in [1.29, 1.82) is 0 Å². The molecule has 0 N–H and O–H groups in total. The first-order valence-electron chi connectivity index (χ1n) is 6.47. The van der Waals surface area contributed by atoms with Crippen LogP contribution < -0.4 is 5.19 Å². The Morgan fingerprint density at radius 3 is 1.74 bits per heavy atom. The molecule has 0 spiro atoms. The van der Waals surface area contributed by atoms with E-state index in [2.05, 4.69) is 0 Å². The van der Waals surface area contributed by atoms with E-state index in [9.17, 15) is 26.7 Å². The molecule has 0 amide bonds. The number of carbonyl (C=O) groups excluding carboxylic acids is 1. The van der Waals surface area contributed by atoms with Crippen molar-refractivity contribution in [1.82, 2.24) is 0 Å². The van der Waals surface area contributed by atoms with Crippen LogP contribution in [0, 0.1) is 29.1 Å². The summed E-state index contributed by atoms with van der Waals surface area (Å²) in [5, 5.41) is -1.07. The number of benzene rings is 2. The molecule has 0 aromatic heterocycles. The van der Waals surface area contributed by atoms with E-state index in [0.717, 1.165) is 0 Å². The average molecular weight is 346 g/mol. The van der Waals surface area contributed by atoms with Gasteiger partial charge in [-0.15, -0.1) is 0 Å². The van der Waals surface area contributed by atoms with E-state index in [4.69, 9.17) is 4.43 Å². The topological polar surface area (TPSA) is 26.3 Å². The van der Waals surface area contributed by atoms with Gasteiger partial charge in [0.15, 0.2) is 23.3 Å². The smallest absolute Gasteiger partial charge is 0.325 e. The molecule has 0 heterocycles. The second-order valence-corrected chi connectivity index (χ2v) is 8.94. The molecule has 2 aromatic carbocycles. The molecule has 8 heteroatoms. The van der Waals surface area contributed by atoms with E-state index in [-0.39, 0.29) is 5.56 Å². The highest BCUT2D eigenvalue weighted by Crippen LogP contribution is 2.21. The first kappa shape index (κ1) is 17.1. The van der Waals surface area contributed by atoms with Gasteiger partial charge in [0.25, 0.3) is 8.32 Å². The van der Waals surface area contributed by atoms with Crippen molar-refractivity contribution >= 4 is 19.5 Å². The monoisotopic (exact) mass is 346 g/mol. The molecule has 0 fully saturated rings. The van der Waals surface area contributed by atoms with Crippen LogP contribution in [0.3, 0.4) is 0 Å². The van der Waals surface area contributed by atoms with Crippen molar-refractivity contribution in [2.24, 2.45) is 0 Å². The molecule has 0 bridgehead atoms.